The van der Waals surface area contributed by atoms with Gasteiger partial charge in [-0.1, -0.05) is 26.7 Å². The monoisotopic (exact) mass is 296 g/mol. The third-order valence-electron chi connectivity index (χ3n) is 3.17. The largest absolute Gasteiger partial charge is 0.401 e. The van der Waals surface area contributed by atoms with Crippen molar-refractivity contribution in [1.29, 1.82) is 0 Å². The second kappa shape index (κ2) is 9.85. The first-order valence-electron chi connectivity index (χ1n) is 7.02. The third-order valence-corrected chi connectivity index (χ3v) is 3.17. The summed E-state index contributed by atoms with van der Waals surface area (Å²) in [4.78, 5) is 5.29. The van der Waals surface area contributed by atoms with Crippen LogP contribution in [0.3, 0.4) is 0 Å². The van der Waals surface area contributed by atoms with E-state index >= 15 is 0 Å². The van der Waals surface area contributed by atoms with Crippen LogP contribution in [0.15, 0.2) is 4.99 Å². The molecular weight excluding hydrogens is 269 g/mol. The minimum Gasteiger partial charge on any atom is -0.356 e. The first-order chi connectivity index (χ1) is 9.32. The van der Waals surface area contributed by atoms with E-state index < -0.39 is 12.7 Å². The maximum absolute atomic E-state index is 12.1. The van der Waals surface area contributed by atoms with Gasteiger partial charge in [0.2, 0.25) is 0 Å². The first-order valence-corrected chi connectivity index (χ1v) is 7.02. The zero-order valence-corrected chi connectivity index (χ0v) is 12.8. The van der Waals surface area contributed by atoms with Crippen molar-refractivity contribution in [3.63, 3.8) is 0 Å². The van der Waals surface area contributed by atoms with E-state index in [1.54, 1.807) is 7.05 Å². The summed E-state index contributed by atoms with van der Waals surface area (Å²) < 4.78 is 36.4. The molecule has 20 heavy (non-hydrogen) atoms. The van der Waals surface area contributed by atoms with Gasteiger partial charge in [-0.3, -0.25) is 9.89 Å². The van der Waals surface area contributed by atoms with Crippen LogP contribution in [-0.2, 0) is 0 Å². The minimum atomic E-state index is -4.15. The number of nitrogens with one attached hydrogen (secondary N) is 2. The zero-order valence-electron chi connectivity index (χ0n) is 12.8. The molecule has 0 amide bonds. The first kappa shape index (κ1) is 19.0. The summed E-state index contributed by atoms with van der Waals surface area (Å²) in [6.45, 7) is 4.94. The second-order valence-corrected chi connectivity index (χ2v) is 4.92. The molecule has 120 valence electrons. The Balaban J connectivity index is 3.91. The molecule has 0 saturated heterocycles. The van der Waals surface area contributed by atoms with Crippen molar-refractivity contribution in [2.45, 2.75) is 32.9 Å². The summed E-state index contributed by atoms with van der Waals surface area (Å²) in [6.07, 6.45) is -1.96. The van der Waals surface area contributed by atoms with Crippen molar-refractivity contribution in [1.82, 2.24) is 15.5 Å². The lowest BCUT2D eigenvalue weighted by Gasteiger charge is -2.20. The number of rotatable bonds is 8. The molecule has 0 aromatic heterocycles. The highest BCUT2D eigenvalue weighted by Crippen LogP contribution is 2.14. The van der Waals surface area contributed by atoms with E-state index in [0.29, 0.717) is 25.0 Å². The standard InChI is InChI=1S/C13H27F3N4/c1-5-11(6-2)9-19-12(17-3)18-7-8-20(4)10-13(14,15)16/h11H,5-10H2,1-4H3,(H2,17,18,19). The summed E-state index contributed by atoms with van der Waals surface area (Å²) in [5.41, 5.74) is 0. The molecule has 0 saturated carbocycles. The van der Waals surface area contributed by atoms with Gasteiger partial charge < -0.3 is 10.6 Å². The molecule has 0 fully saturated rings. The summed E-state index contributed by atoms with van der Waals surface area (Å²) >= 11 is 0. The number of halogens is 3. The van der Waals surface area contributed by atoms with Gasteiger partial charge in [-0.15, -0.1) is 0 Å². The molecule has 0 rings (SSSR count). The fourth-order valence-corrected chi connectivity index (χ4v) is 1.79. The molecular formula is C13H27F3N4. The molecule has 0 atom stereocenters. The summed E-state index contributed by atoms with van der Waals surface area (Å²) in [5.74, 6) is 1.22. The second-order valence-electron chi connectivity index (χ2n) is 4.92. The van der Waals surface area contributed by atoms with Crippen molar-refractivity contribution >= 4 is 5.96 Å². The van der Waals surface area contributed by atoms with Crippen LogP contribution < -0.4 is 10.6 Å². The molecule has 0 heterocycles. The number of hydrogen-bond donors (Lipinski definition) is 2. The molecule has 0 aliphatic carbocycles. The zero-order chi connectivity index (χ0) is 15.6. The maximum Gasteiger partial charge on any atom is 0.401 e. The third kappa shape index (κ3) is 9.89. The van der Waals surface area contributed by atoms with E-state index in [9.17, 15) is 13.2 Å². The Morgan fingerprint density at radius 1 is 1.20 bits per heavy atom. The van der Waals surface area contributed by atoms with Gasteiger partial charge in [0.25, 0.3) is 0 Å². The van der Waals surface area contributed by atoms with Crippen LogP contribution in [0, 0.1) is 5.92 Å². The Kier molecular flexibility index (Phi) is 9.37. The van der Waals surface area contributed by atoms with Crippen LogP contribution in [-0.4, -0.2) is 57.3 Å². The van der Waals surface area contributed by atoms with E-state index in [0.717, 1.165) is 19.4 Å². The van der Waals surface area contributed by atoms with Gasteiger partial charge in [0.05, 0.1) is 6.54 Å². The highest BCUT2D eigenvalue weighted by molar-refractivity contribution is 5.79. The van der Waals surface area contributed by atoms with Crippen LogP contribution in [0.1, 0.15) is 26.7 Å². The van der Waals surface area contributed by atoms with E-state index in [-0.39, 0.29) is 0 Å². The summed E-state index contributed by atoms with van der Waals surface area (Å²) in [7, 11) is 3.11. The Bertz CT molecular complexity index is 275. The molecule has 2 N–H and O–H groups in total. The van der Waals surface area contributed by atoms with Gasteiger partial charge in [0.1, 0.15) is 0 Å². The van der Waals surface area contributed by atoms with Crippen LogP contribution >= 0.6 is 0 Å². The summed E-state index contributed by atoms with van der Waals surface area (Å²) in [6, 6.07) is 0. The predicted molar refractivity (Wildman–Crippen MR) is 77.0 cm³/mol. The average Bonchev–Trinajstić information content (AvgIpc) is 2.35. The van der Waals surface area contributed by atoms with Crippen molar-refractivity contribution in [2.75, 3.05) is 40.3 Å². The highest BCUT2D eigenvalue weighted by Gasteiger charge is 2.28. The number of nitrogens with zero attached hydrogens (tertiary/aromatic N) is 2. The van der Waals surface area contributed by atoms with Crippen LogP contribution in [0.4, 0.5) is 13.2 Å². The number of aliphatic imine (C=N–C) groups is 1. The van der Waals surface area contributed by atoms with Crippen molar-refractivity contribution < 1.29 is 13.2 Å². The molecule has 4 nitrogen and oxygen atoms in total. The molecule has 0 spiro atoms. The Morgan fingerprint density at radius 3 is 2.25 bits per heavy atom. The van der Waals surface area contributed by atoms with Gasteiger partial charge in [-0.05, 0) is 13.0 Å². The van der Waals surface area contributed by atoms with E-state index in [1.165, 1.54) is 11.9 Å². The van der Waals surface area contributed by atoms with Crippen LogP contribution in [0.5, 0.6) is 0 Å². The van der Waals surface area contributed by atoms with Crippen LogP contribution in [0.25, 0.3) is 0 Å². The lowest BCUT2D eigenvalue weighted by Crippen LogP contribution is -2.43. The number of guanidine groups is 1. The van der Waals surface area contributed by atoms with Crippen LogP contribution in [0.2, 0.25) is 0 Å². The minimum absolute atomic E-state index is 0.311. The molecule has 0 aromatic carbocycles. The lowest BCUT2D eigenvalue weighted by molar-refractivity contribution is -0.142. The smallest absolute Gasteiger partial charge is 0.356 e. The van der Waals surface area contributed by atoms with E-state index in [1.807, 2.05) is 0 Å². The van der Waals surface area contributed by atoms with Gasteiger partial charge in [-0.25, -0.2) is 0 Å². The van der Waals surface area contributed by atoms with E-state index in [4.69, 9.17) is 0 Å². The Labute approximate surface area is 119 Å². The van der Waals surface area contributed by atoms with Gasteiger partial charge in [-0.2, -0.15) is 13.2 Å². The number of likely N-dealkylation sites (N-methyl/N-ethyl adjacent to an activating group) is 1. The normalized spacial score (nSPS) is 13.2. The van der Waals surface area contributed by atoms with Gasteiger partial charge in [0, 0.05) is 26.7 Å². The topological polar surface area (TPSA) is 39.7 Å². The molecule has 0 aliphatic heterocycles. The summed E-state index contributed by atoms with van der Waals surface area (Å²) in [5, 5.41) is 6.21. The number of hydrogen-bond acceptors (Lipinski definition) is 2. The fraction of sp³-hybridized carbons (Fsp3) is 0.923. The predicted octanol–water partition coefficient (Wildman–Crippen LogP) is 2.08. The molecule has 0 aliphatic rings. The average molecular weight is 296 g/mol. The molecule has 7 heteroatoms. The molecule has 0 bridgehead atoms. The van der Waals surface area contributed by atoms with E-state index in [2.05, 4.69) is 29.5 Å². The Morgan fingerprint density at radius 2 is 1.80 bits per heavy atom. The maximum atomic E-state index is 12.1. The quantitative estimate of drug-likeness (QED) is 0.532. The highest BCUT2D eigenvalue weighted by atomic mass is 19.4. The van der Waals surface area contributed by atoms with Gasteiger partial charge in [0.15, 0.2) is 5.96 Å². The van der Waals surface area contributed by atoms with Gasteiger partial charge >= 0.3 is 6.18 Å². The van der Waals surface area contributed by atoms with Crippen molar-refractivity contribution in [3.8, 4) is 0 Å². The molecule has 0 aromatic rings. The number of alkyl halides is 3. The molecule has 0 unspecified atom stereocenters. The molecule has 0 radical (unpaired) electrons. The lowest BCUT2D eigenvalue weighted by atomic mass is 10.0. The SMILES string of the molecule is CCC(CC)CNC(=NC)NCCN(C)CC(F)(F)F. The Hall–Kier alpha value is -0.980. The fourth-order valence-electron chi connectivity index (χ4n) is 1.79. The van der Waals surface area contributed by atoms with Crippen molar-refractivity contribution in [3.05, 3.63) is 0 Å². The van der Waals surface area contributed by atoms with Crippen molar-refractivity contribution in [2.24, 2.45) is 10.9 Å².